The fraction of sp³-hybridized carbons (Fsp3) is 0.471. The van der Waals surface area contributed by atoms with E-state index in [4.69, 9.17) is 9.47 Å². The predicted molar refractivity (Wildman–Crippen MR) is 89.5 cm³/mol. The average molecular weight is 459 g/mol. The molecule has 0 radical (unpaired) electrons. The van der Waals surface area contributed by atoms with Crippen molar-refractivity contribution in [3.8, 4) is 11.5 Å². The van der Waals surface area contributed by atoms with Crippen molar-refractivity contribution in [2.75, 3.05) is 6.61 Å². The van der Waals surface area contributed by atoms with E-state index in [-0.39, 0.29) is 23.3 Å². The van der Waals surface area contributed by atoms with Gasteiger partial charge in [-0.3, -0.25) is 0 Å². The van der Waals surface area contributed by atoms with Gasteiger partial charge in [-0.1, -0.05) is 6.92 Å². The number of hydrogen-bond donors (Lipinski definition) is 0. The second-order valence-electron chi connectivity index (χ2n) is 6.28. The summed E-state index contributed by atoms with van der Waals surface area (Å²) in [5.74, 6) is -2.61. The number of ether oxygens (including phenoxy) is 3. The second-order valence-corrected chi connectivity index (χ2v) is 6.28. The van der Waals surface area contributed by atoms with Crippen LogP contribution in [-0.4, -0.2) is 42.4 Å². The number of alkyl halides is 6. The SMILES string of the molecule is CCc1cc(OC(F)(F)F)cc2c1OC(C(F)(F)F)C(C(=O)OC(C)CO[N+](=O)[O-])=C2. The molecule has 2 atom stereocenters. The van der Waals surface area contributed by atoms with Crippen LogP contribution in [0.5, 0.6) is 11.5 Å². The van der Waals surface area contributed by atoms with Crippen molar-refractivity contribution in [3.05, 3.63) is 38.9 Å². The van der Waals surface area contributed by atoms with Crippen LogP contribution in [0.4, 0.5) is 26.3 Å². The molecule has 0 amide bonds. The summed E-state index contributed by atoms with van der Waals surface area (Å²) in [5, 5.41) is 8.99. The summed E-state index contributed by atoms with van der Waals surface area (Å²) in [6.45, 7) is 1.86. The van der Waals surface area contributed by atoms with Crippen molar-refractivity contribution < 1.29 is 55.3 Å². The Hall–Kier alpha value is -3.19. The Balaban J connectivity index is 2.45. The normalized spacial score (nSPS) is 17.0. The van der Waals surface area contributed by atoms with Gasteiger partial charge >= 0.3 is 18.5 Å². The van der Waals surface area contributed by atoms with Gasteiger partial charge in [0.05, 0.1) is 5.57 Å². The van der Waals surface area contributed by atoms with E-state index in [1.165, 1.54) is 6.92 Å². The molecule has 1 aromatic rings. The lowest BCUT2D eigenvalue weighted by atomic mass is 9.97. The topological polar surface area (TPSA) is 97.1 Å². The maximum atomic E-state index is 13.5. The summed E-state index contributed by atoms with van der Waals surface area (Å²) >= 11 is 0. The zero-order valence-electron chi connectivity index (χ0n) is 15.9. The lowest BCUT2D eigenvalue weighted by molar-refractivity contribution is -0.759. The fourth-order valence-corrected chi connectivity index (χ4v) is 2.67. The Labute approximate surface area is 170 Å². The monoisotopic (exact) mass is 459 g/mol. The molecule has 2 unspecified atom stereocenters. The van der Waals surface area contributed by atoms with Crippen LogP contribution in [0.25, 0.3) is 6.08 Å². The van der Waals surface area contributed by atoms with Crippen LogP contribution in [0.1, 0.15) is 25.0 Å². The molecule has 8 nitrogen and oxygen atoms in total. The fourth-order valence-electron chi connectivity index (χ4n) is 2.67. The third kappa shape index (κ3) is 6.39. The van der Waals surface area contributed by atoms with E-state index in [1.807, 2.05) is 0 Å². The number of nitrogens with zero attached hydrogens (tertiary/aromatic N) is 1. The van der Waals surface area contributed by atoms with Crippen LogP contribution >= 0.6 is 0 Å². The molecule has 0 saturated heterocycles. The largest absolute Gasteiger partial charge is 0.573 e. The predicted octanol–water partition coefficient (Wildman–Crippen LogP) is 3.99. The number of esters is 1. The van der Waals surface area contributed by atoms with Crippen molar-refractivity contribution in [1.29, 1.82) is 0 Å². The second kappa shape index (κ2) is 8.89. The molecule has 172 valence electrons. The summed E-state index contributed by atoms with van der Waals surface area (Å²) in [7, 11) is 0. The van der Waals surface area contributed by atoms with Crippen LogP contribution in [0.15, 0.2) is 17.7 Å². The standard InChI is InChI=1S/C17H15F6NO7/c1-3-9-4-11(31-17(21,22)23)5-10-6-12(14(16(18,19)20)30-13(9)10)15(25)29-8(2)7-28-24(26)27/h4-6,8,14H,3,7H2,1-2H3. The summed E-state index contributed by atoms with van der Waals surface area (Å²) in [5.41, 5.74) is -1.33. The molecule has 0 bridgehead atoms. The van der Waals surface area contributed by atoms with Crippen LogP contribution in [0.3, 0.4) is 0 Å². The smallest absolute Gasteiger partial charge is 0.475 e. The molecule has 0 aromatic heterocycles. The zero-order valence-corrected chi connectivity index (χ0v) is 15.9. The van der Waals surface area contributed by atoms with Gasteiger partial charge in [0, 0.05) is 5.56 Å². The molecule has 0 aliphatic carbocycles. The van der Waals surface area contributed by atoms with Gasteiger partial charge in [-0.15, -0.1) is 23.3 Å². The lowest BCUT2D eigenvalue weighted by Gasteiger charge is -2.30. The van der Waals surface area contributed by atoms with Crippen LogP contribution in [0.2, 0.25) is 0 Å². The first kappa shape index (κ1) is 24.1. The summed E-state index contributed by atoms with van der Waals surface area (Å²) in [4.78, 5) is 26.4. The first-order valence-electron chi connectivity index (χ1n) is 8.57. The minimum absolute atomic E-state index is 0.00481. The summed E-state index contributed by atoms with van der Waals surface area (Å²) in [6, 6.07) is 1.65. The van der Waals surface area contributed by atoms with Crippen LogP contribution < -0.4 is 9.47 Å². The van der Waals surface area contributed by atoms with E-state index < -0.39 is 53.7 Å². The molecule has 1 aromatic carbocycles. The van der Waals surface area contributed by atoms with Gasteiger partial charge in [0.15, 0.2) is 0 Å². The zero-order chi connectivity index (χ0) is 23.6. The Morgan fingerprint density at radius 3 is 2.42 bits per heavy atom. The number of aryl methyl sites for hydroxylation is 1. The highest BCUT2D eigenvalue weighted by atomic mass is 19.4. The molecule has 2 rings (SSSR count). The van der Waals surface area contributed by atoms with E-state index in [0.717, 1.165) is 19.1 Å². The minimum Gasteiger partial charge on any atom is -0.475 e. The first-order valence-corrected chi connectivity index (χ1v) is 8.57. The number of fused-ring (bicyclic) bond motifs is 1. The van der Waals surface area contributed by atoms with Crippen molar-refractivity contribution in [2.24, 2.45) is 0 Å². The van der Waals surface area contributed by atoms with Gasteiger partial charge < -0.3 is 19.0 Å². The summed E-state index contributed by atoms with van der Waals surface area (Å²) in [6.07, 6.45) is -13.5. The van der Waals surface area contributed by atoms with Gasteiger partial charge in [0.2, 0.25) is 6.10 Å². The summed E-state index contributed by atoms with van der Waals surface area (Å²) < 4.78 is 91.7. The van der Waals surface area contributed by atoms with Crippen LogP contribution in [0, 0.1) is 10.1 Å². The Kier molecular flexibility index (Phi) is 6.91. The van der Waals surface area contributed by atoms with Crippen molar-refractivity contribution in [1.82, 2.24) is 0 Å². The van der Waals surface area contributed by atoms with E-state index in [0.29, 0.717) is 6.08 Å². The van der Waals surface area contributed by atoms with E-state index in [2.05, 4.69) is 9.57 Å². The van der Waals surface area contributed by atoms with Crippen molar-refractivity contribution in [2.45, 2.75) is 45.0 Å². The first-order chi connectivity index (χ1) is 14.2. The Bertz CT molecular complexity index is 881. The van der Waals surface area contributed by atoms with Gasteiger partial charge in [-0.25, -0.2) is 4.79 Å². The third-order valence-corrected chi connectivity index (χ3v) is 3.87. The number of benzene rings is 1. The lowest BCUT2D eigenvalue weighted by Crippen LogP contribution is -2.41. The highest BCUT2D eigenvalue weighted by Gasteiger charge is 2.49. The minimum atomic E-state index is -5.07. The molecular formula is C17H15F6NO7. The van der Waals surface area contributed by atoms with Gasteiger partial charge in [-0.05, 0) is 37.1 Å². The molecule has 1 aliphatic heterocycles. The maximum absolute atomic E-state index is 13.5. The highest BCUT2D eigenvalue weighted by molar-refractivity contribution is 5.96. The molecule has 0 fully saturated rings. The number of carbonyl (C=O) groups is 1. The molecule has 0 saturated carbocycles. The number of halogens is 6. The van der Waals surface area contributed by atoms with Crippen LogP contribution in [-0.2, 0) is 20.8 Å². The number of rotatable bonds is 7. The third-order valence-electron chi connectivity index (χ3n) is 3.87. The van der Waals surface area contributed by atoms with Crippen molar-refractivity contribution in [3.63, 3.8) is 0 Å². The maximum Gasteiger partial charge on any atom is 0.573 e. The molecule has 0 spiro atoms. The van der Waals surface area contributed by atoms with Gasteiger partial charge in [0.1, 0.15) is 24.2 Å². The number of carbonyl (C=O) groups excluding carboxylic acids is 1. The quantitative estimate of drug-likeness (QED) is 0.263. The molecule has 0 N–H and O–H groups in total. The molecule has 1 heterocycles. The molecule has 14 heteroatoms. The van der Waals surface area contributed by atoms with E-state index in [9.17, 15) is 41.3 Å². The number of hydrogen-bond acceptors (Lipinski definition) is 7. The van der Waals surface area contributed by atoms with Gasteiger partial charge in [-0.2, -0.15) is 13.2 Å². The molecular weight excluding hydrogens is 444 g/mol. The van der Waals surface area contributed by atoms with Crippen molar-refractivity contribution >= 4 is 12.0 Å². The molecule has 31 heavy (non-hydrogen) atoms. The average Bonchev–Trinajstić information content (AvgIpc) is 2.62. The highest BCUT2D eigenvalue weighted by Crippen LogP contribution is 2.42. The Morgan fingerprint density at radius 2 is 1.90 bits per heavy atom. The van der Waals surface area contributed by atoms with E-state index >= 15 is 0 Å². The van der Waals surface area contributed by atoms with Gasteiger partial charge in [0.25, 0.3) is 5.09 Å². The molecule has 1 aliphatic rings. The Morgan fingerprint density at radius 1 is 1.26 bits per heavy atom. The van der Waals surface area contributed by atoms with E-state index in [1.54, 1.807) is 0 Å².